The van der Waals surface area contributed by atoms with Gasteiger partial charge in [0.25, 0.3) is 5.91 Å². The third-order valence-electron chi connectivity index (χ3n) is 3.38. The van der Waals surface area contributed by atoms with E-state index in [2.05, 4.69) is 10.3 Å². The number of aromatic nitrogens is 1. The van der Waals surface area contributed by atoms with E-state index < -0.39 is 6.10 Å². The molecule has 2 heterocycles. The van der Waals surface area contributed by atoms with Gasteiger partial charge in [0, 0.05) is 12.7 Å². The number of rotatable bonds is 6. The number of hydrogen-bond donors (Lipinski definition) is 2. The molecule has 24 heavy (non-hydrogen) atoms. The van der Waals surface area contributed by atoms with Crippen molar-refractivity contribution in [3.63, 3.8) is 0 Å². The number of nitrogens with one attached hydrogen (secondary N) is 1. The topological polar surface area (TPSA) is 71.5 Å². The SMILES string of the molecule is O=C(NCC(O)c1ccsc1)c1ccccc1Oc1cccnc1. The Kier molecular flexibility index (Phi) is 5.20. The molecule has 2 aromatic heterocycles. The average molecular weight is 340 g/mol. The first-order valence-corrected chi connectivity index (χ1v) is 8.33. The van der Waals surface area contributed by atoms with Crippen LogP contribution >= 0.6 is 11.3 Å². The van der Waals surface area contributed by atoms with Crippen molar-refractivity contribution in [2.24, 2.45) is 0 Å². The third-order valence-corrected chi connectivity index (χ3v) is 4.08. The maximum absolute atomic E-state index is 12.4. The highest BCUT2D eigenvalue weighted by Gasteiger charge is 2.15. The normalized spacial score (nSPS) is 11.7. The Morgan fingerprint density at radius 1 is 1.25 bits per heavy atom. The van der Waals surface area contributed by atoms with Gasteiger partial charge < -0.3 is 15.2 Å². The second-order valence-electron chi connectivity index (χ2n) is 5.07. The van der Waals surface area contributed by atoms with Crippen LogP contribution in [0.5, 0.6) is 11.5 Å². The van der Waals surface area contributed by atoms with Gasteiger partial charge in [-0.05, 0) is 46.7 Å². The number of amides is 1. The van der Waals surface area contributed by atoms with E-state index in [-0.39, 0.29) is 12.5 Å². The number of aliphatic hydroxyl groups is 1. The zero-order chi connectivity index (χ0) is 16.8. The van der Waals surface area contributed by atoms with E-state index >= 15 is 0 Å². The number of hydrogen-bond acceptors (Lipinski definition) is 5. The van der Waals surface area contributed by atoms with Gasteiger partial charge in [0.05, 0.1) is 17.9 Å². The van der Waals surface area contributed by atoms with Crippen LogP contribution in [0.3, 0.4) is 0 Å². The first kappa shape index (κ1) is 16.2. The van der Waals surface area contributed by atoms with Gasteiger partial charge in [-0.2, -0.15) is 11.3 Å². The van der Waals surface area contributed by atoms with Crippen molar-refractivity contribution < 1.29 is 14.6 Å². The average Bonchev–Trinajstić information content (AvgIpc) is 3.15. The van der Waals surface area contributed by atoms with Gasteiger partial charge in [-0.3, -0.25) is 9.78 Å². The molecule has 1 amide bonds. The van der Waals surface area contributed by atoms with Gasteiger partial charge in [-0.15, -0.1) is 0 Å². The summed E-state index contributed by atoms with van der Waals surface area (Å²) in [5, 5.41) is 16.5. The minimum absolute atomic E-state index is 0.136. The van der Waals surface area contributed by atoms with Crippen molar-refractivity contribution in [3.8, 4) is 11.5 Å². The number of aliphatic hydroxyl groups excluding tert-OH is 1. The zero-order valence-electron chi connectivity index (χ0n) is 12.8. The molecule has 0 radical (unpaired) electrons. The van der Waals surface area contributed by atoms with Crippen LogP contribution in [0.1, 0.15) is 22.0 Å². The van der Waals surface area contributed by atoms with Gasteiger partial charge in [-0.25, -0.2) is 0 Å². The number of para-hydroxylation sites is 1. The van der Waals surface area contributed by atoms with Crippen LogP contribution in [0.25, 0.3) is 0 Å². The molecular weight excluding hydrogens is 324 g/mol. The Balaban J connectivity index is 1.68. The van der Waals surface area contributed by atoms with E-state index in [4.69, 9.17) is 4.74 Å². The lowest BCUT2D eigenvalue weighted by molar-refractivity contribution is 0.0914. The monoisotopic (exact) mass is 340 g/mol. The van der Waals surface area contributed by atoms with Crippen molar-refractivity contribution in [3.05, 3.63) is 76.7 Å². The Morgan fingerprint density at radius 2 is 2.12 bits per heavy atom. The fourth-order valence-electron chi connectivity index (χ4n) is 2.14. The van der Waals surface area contributed by atoms with Gasteiger partial charge in [0.1, 0.15) is 11.5 Å². The number of ether oxygens (including phenoxy) is 1. The zero-order valence-corrected chi connectivity index (χ0v) is 13.6. The van der Waals surface area contributed by atoms with Gasteiger partial charge >= 0.3 is 0 Å². The molecule has 0 bridgehead atoms. The summed E-state index contributed by atoms with van der Waals surface area (Å²) in [5.74, 6) is 0.688. The van der Waals surface area contributed by atoms with E-state index in [9.17, 15) is 9.90 Å². The summed E-state index contributed by atoms with van der Waals surface area (Å²) in [6, 6.07) is 12.3. The summed E-state index contributed by atoms with van der Waals surface area (Å²) in [4.78, 5) is 16.4. The number of carbonyl (C=O) groups is 1. The minimum atomic E-state index is -0.730. The molecule has 2 N–H and O–H groups in total. The minimum Gasteiger partial charge on any atom is -0.455 e. The molecule has 1 aromatic carbocycles. The number of benzene rings is 1. The van der Waals surface area contributed by atoms with E-state index in [1.165, 1.54) is 11.3 Å². The van der Waals surface area contributed by atoms with Crippen molar-refractivity contribution in [2.75, 3.05) is 6.54 Å². The van der Waals surface area contributed by atoms with E-state index in [0.29, 0.717) is 17.1 Å². The van der Waals surface area contributed by atoms with Crippen molar-refractivity contribution >= 4 is 17.2 Å². The predicted molar refractivity (Wildman–Crippen MR) is 92.4 cm³/mol. The van der Waals surface area contributed by atoms with E-state index in [1.807, 2.05) is 16.8 Å². The largest absolute Gasteiger partial charge is 0.455 e. The molecule has 1 unspecified atom stereocenters. The molecule has 3 rings (SSSR count). The lowest BCUT2D eigenvalue weighted by Crippen LogP contribution is -2.28. The van der Waals surface area contributed by atoms with Crippen LogP contribution in [0.15, 0.2) is 65.6 Å². The molecule has 0 aliphatic heterocycles. The van der Waals surface area contributed by atoms with Gasteiger partial charge in [0.2, 0.25) is 0 Å². The molecule has 0 aliphatic carbocycles. The summed E-state index contributed by atoms with van der Waals surface area (Å²) in [7, 11) is 0. The summed E-state index contributed by atoms with van der Waals surface area (Å²) in [5.41, 5.74) is 1.19. The molecule has 5 nitrogen and oxygen atoms in total. The van der Waals surface area contributed by atoms with Gasteiger partial charge in [0.15, 0.2) is 0 Å². The summed E-state index contributed by atoms with van der Waals surface area (Å²) in [6.07, 6.45) is 2.50. The van der Waals surface area contributed by atoms with Gasteiger partial charge in [-0.1, -0.05) is 12.1 Å². The van der Waals surface area contributed by atoms with Crippen LogP contribution in [0.4, 0.5) is 0 Å². The molecule has 122 valence electrons. The predicted octanol–water partition coefficient (Wildman–Crippen LogP) is 3.40. The Morgan fingerprint density at radius 3 is 2.88 bits per heavy atom. The first-order valence-electron chi connectivity index (χ1n) is 7.39. The number of carbonyl (C=O) groups excluding carboxylic acids is 1. The second kappa shape index (κ2) is 7.72. The Hall–Kier alpha value is -2.70. The lowest BCUT2D eigenvalue weighted by Gasteiger charge is -2.13. The van der Waals surface area contributed by atoms with Crippen molar-refractivity contribution in [2.45, 2.75) is 6.10 Å². The van der Waals surface area contributed by atoms with Crippen LogP contribution < -0.4 is 10.1 Å². The highest BCUT2D eigenvalue weighted by Crippen LogP contribution is 2.24. The van der Waals surface area contributed by atoms with Crippen LogP contribution in [0, 0.1) is 0 Å². The second-order valence-corrected chi connectivity index (χ2v) is 5.85. The van der Waals surface area contributed by atoms with E-state index in [1.54, 1.807) is 48.8 Å². The maximum atomic E-state index is 12.4. The fraction of sp³-hybridized carbons (Fsp3) is 0.111. The third kappa shape index (κ3) is 3.98. The lowest BCUT2D eigenvalue weighted by atomic mass is 10.1. The molecule has 0 spiro atoms. The molecular formula is C18H16N2O3S. The van der Waals surface area contributed by atoms with Crippen LogP contribution in [-0.4, -0.2) is 22.5 Å². The first-order chi connectivity index (χ1) is 11.7. The molecule has 0 fully saturated rings. The van der Waals surface area contributed by atoms with E-state index in [0.717, 1.165) is 5.56 Å². The Bertz CT molecular complexity index is 791. The molecule has 0 saturated heterocycles. The summed E-state index contributed by atoms with van der Waals surface area (Å²) < 4.78 is 5.73. The molecule has 0 aliphatic rings. The summed E-state index contributed by atoms with van der Waals surface area (Å²) in [6.45, 7) is 0.136. The molecule has 0 saturated carbocycles. The number of nitrogens with zero attached hydrogens (tertiary/aromatic N) is 1. The molecule has 6 heteroatoms. The van der Waals surface area contributed by atoms with Crippen LogP contribution in [0.2, 0.25) is 0 Å². The maximum Gasteiger partial charge on any atom is 0.255 e. The standard InChI is InChI=1S/C18H16N2O3S/c21-16(13-7-9-24-12-13)11-20-18(22)15-5-1-2-6-17(15)23-14-4-3-8-19-10-14/h1-10,12,16,21H,11H2,(H,20,22). The van der Waals surface area contributed by atoms with Crippen molar-refractivity contribution in [1.82, 2.24) is 10.3 Å². The van der Waals surface area contributed by atoms with Crippen molar-refractivity contribution in [1.29, 1.82) is 0 Å². The highest BCUT2D eigenvalue weighted by molar-refractivity contribution is 7.07. The Labute approximate surface area is 143 Å². The van der Waals surface area contributed by atoms with Crippen LogP contribution in [-0.2, 0) is 0 Å². The number of pyridine rings is 1. The quantitative estimate of drug-likeness (QED) is 0.721. The summed E-state index contributed by atoms with van der Waals surface area (Å²) >= 11 is 1.50. The fourth-order valence-corrected chi connectivity index (χ4v) is 2.85. The number of thiophene rings is 1. The molecule has 1 atom stereocenters. The molecule has 3 aromatic rings. The highest BCUT2D eigenvalue weighted by atomic mass is 32.1. The smallest absolute Gasteiger partial charge is 0.255 e.